The summed E-state index contributed by atoms with van der Waals surface area (Å²) in [5, 5.41) is 12.4. The molecule has 116 valence electrons. The van der Waals surface area contributed by atoms with Crippen molar-refractivity contribution in [3.63, 3.8) is 0 Å². The lowest BCUT2D eigenvalue weighted by atomic mass is 10.1. The molecule has 0 radical (unpaired) electrons. The largest absolute Gasteiger partial charge is 0.483 e. The Morgan fingerprint density at radius 2 is 2.09 bits per heavy atom. The quantitative estimate of drug-likeness (QED) is 0.918. The summed E-state index contributed by atoms with van der Waals surface area (Å²) in [4.78, 5) is 12.0. The maximum atomic E-state index is 12.0. The molecule has 0 saturated heterocycles. The number of carbonyl (C=O) groups excluding carboxylic acids is 1. The number of carbonyl (C=O) groups is 1. The second-order valence-electron chi connectivity index (χ2n) is 5.76. The summed E-state index contributed by atoms with van der Waals surface area (Å²) in [6, 6.07) is 4.05. The van der Waals surface area contributed by atoms with E-state index < -0.39 is 0 Å². The standard InChI is InChI=1S/C16H19N3O2S/c1-9-6-10(2)11(3)13(7-9)21-8-14(20)17-16-19-18-15(22-16)12-4-5-12/h6-7,12H,4-5,8H2,1-3H3,(H,17,19,20). The summed E-state index contributed by atoms with van der Waals surface area (Å²) in [7, 11) is 0. The Hall–Kier alpha value is -1.95. The number of aromatic nitrogens is 2. The van der Waals surface area contributed by atoms with E-state index in [1.807, 2.05) is 26.8 Å². The van der Waals surface area contributed by atoms with Gasteiger partial charge in [0, 0.05) is 5.92 Å². The fourth-order valence-electron chi connectivity index (χ4n) is 2.23. The molecular weight excluding hydrogens is 298 g/mol. The van der Waals surface area contributed by atoms with Gasteiger partial charge in [-0.15, -0.1) is 10.2 Å². The first-order valence-electron chi connectivity index (χ1n) is 7.37. The van der Waals surface area contributed by atoms with Crippen LogP contribution in [0.25, 0.3) is 0 Å². The van der Waals surface area contributed by atoms with E-state index in [0.717, 1.165) is 27.4 Å². The number of hydrogen-bond donors (Lipinski definition) is 1. The van der Waals surface area contributed by atoms with Crippen LogP contribution in [0, 0.1) is 20.8 Å². The maximum absolute atomic E-state index is 12.0. The first-order chi connectivity index (χ1) is 10.5. The first-order valence-corrected chi connectivity index (χ1v) is 8.18. The maximum Gasteiger partial charge on any atom is 0.264 e. The molecule has 1 amide bonds. The number of amides is 1. The van der Waals surface area contributed by atoms with Crippen LogP contribution in [0.2, 0.25) is 0 Å². The van der Waals surface area contributed by atoms with Crippen LogP contribution in [-0.2, 0) is 4.79 Å². The van der Waals surface area contributed by atoms with Crippen molar-refractivity contribution >= 4 is 22.4 Å². The topological polar surface area (TPSA) is 64.1 Å². The van der Waals surface area contributed by atoms with Crippen LogP contribution in [0.15, 0.2) is 12.1 Å². The van der Waals surface area contributed by atoms with Gasteiger partial charge in [-0.3, -0.25) is 10.1 Å². The molecule has 22 heavy (non-hydrogen) atoms. The SMILES string of the molecule is Cc1cc(C)c(C)c(OCC(=O)Nc2nnc(C3CC3)s2)c1. The molecule has 1 aromatic carbocycles. The molecule has 0 aliphatic heterocycles. The molecule has 1 N–H and O–H groups in total. The van der Waals surface area contributed by atoms with Gasteiger partial charge in [-0.1, -0.05) is 17.4 Å². The van der Waals surface area contributed by atoms with Crippen LogP contribution in [0.4, 0.5) is 5.13 Å². The predicted molar refractivity (Wildman–Crippen MR) is 86.7 cm³/mol. The summed E-state index contributed by atoms with van der Waals surface area (Å²) in [6.45, 7) is 6.02. The number of nitrogens with zero attached hydrogens (tertiary/aromatic N) is 2. The van der Waals surface area contributed by atoms with Crippen LogP contribution in [-0.4, -0.2) is 22.7 Å². The zero-order valence-electron chi connectivity index (χ0n) is 13.0. The monoisotopic (exact) mass is 317 g/mol. The van der Waals surface area contributed by atoms with Crippen LogP contribution in [0.3, 0.4) is 0 Å². The zero-order chi connectivity index (χ0) is 15.7. The normalized spacial score (nSPS) is 14.0. The highest BCUT2D eigenvalue weighted by atomic mass is 32.1. The number of nitrogens with one attached hydrogen (secondary N) is 1. The van der Waals surface area contributed by atoms with Crippen molar-refractivity contribution in [1.82, 2.24) is 10.2 Å². The lowest BCUT2D eigenvalue weighted by molar-refractivity contribution is -0.118. The number of ether oxygens (including phenoxy) is 1. The molecule has 2 aromatic rings. The highest BCUT2D eigenvalue weighted by Crippen LogP contribution is 2.42. The van der Waals surface area contributed by atoms with Gasteiger partial charge in [-0.25, -0.2) is 0 Å². The first kappa shape index (κ1) is 15.0. The minimum atomic E-state index is -0.211. The lowest BCUT2D eigenvalue weighted by Gasteiger charge is -2.11. The van der Waals surface area contributed by atoms with E-state index in [2.05, 4.69) is 21.6 Å². The smallest absolute Gasteiger partial charge is 0.264 e. The van der Waals surface area contributed by atoms with Crippen LogP contribution >= 0.6 is 11.3 Å². The van der Waals surface area contributed by atoms with Crippen molar-refractivity contribution in [2.75, 3.05) is 11.9 Å². The average Bonchev–Trinajstić information content (AvgIpc) is 3.22. The van der Waals surface area contributed by atoms with Gasteiger partial charge in [-0.2, -0.15) is 0 Å². The van der Waals surface area contributed by atoms with Gasteiger partial charge in [-0.05, 0) is 56.4 Å². The molecule has 1 aliphatic carbocycles. The van der Waals surface area contributed by atoms with E-state index >= 15 is 0 Å². The molecule has 0 unspecified atom stereocenters. The van der Waals surface area contributed by atoms with Crippen molar-refractivity contribution in [2.45, 2.75) is 39.5 Å². The Bertz CT molecular complexity index is 707. The third kappa shape index (κ3) is 3.44. The number of rotatable bonds is 5. The predicted octanol–water partition coefficient (Wildman–Crippen LogP) is 3.36. The number of anilines is 1. The summed E-state index contributed by atoms with van der Waals surface area (Å²) < 4.78 is 5.64. The van der Waals surface area contributed by atoms with Gasteiger partial charge in [0.15, 0.2) is 6.61 Å². The molecule has 0 bridgehead atoms. The minimum Gasteiger partial charge on any atom is -0.483 e. The van der Waals surface area contributed by atoms with E-state index in [1.165, 1.54) is 24.2 Å². The summed E-state index contributed by atoms with van der Waals surface area (Å²) in [5.41, 5.74) is 3.34. The molecule has 1 saturated carbocycles. The van der Waals surface area contributed by atoms with Gasteiger partial charge >= 0.3 is 0 Å². The fraction of sp³-hybridized carbons (Fsp3) is 0.438. The van der Waals surface area contributed by atoms with Gasteiger partial charge in [0.05, 0.1) is 0 Å². The summed E-state index contributed by atoms with van der Waals surface area (Å²) in [5.74, 6) is 1.10. The second kappa shape index (κ2) is 6.04. The van der Waals surface area contributed by atoms with E-state index in [-0.39, 0.29) is 12.5 Å². The Kier molecular flexibility index (Phi) is 4.11. The molecule has 1 aliphatic rings. The molecular formula is C16H19N3O2S. The minimum absolute atomic E-state index is 0.0257. The number of aryl methyl sites for hydroxylation is 2. The van der Waals surface area contributed by atoms with Crippen molar-refractivity contribution in [1.29, 1.82) is 0 Å². The average molecular weight is 317 g/mol. The zero-order valence-corrected chi connectivity index (χ0v) is 13.8. The van der Waals surface area contributed by atoms with Gasteiger partial charge in [0.2, 0.25) is 5.13 Å². The van der Waals surface area contributed by atoms with Gasteiger partial charge < -0.3 is 4.74 Å². The molecule has 0 atom stereocenters. The van der Waals surface area contributed by atoms with E-state index in [4.69, 9.17) is 4.74 Å². The molecule has 5 nitrogen and oxygen atoms in total. The summed E-state index contributed by atoms with van der Waals surface area (Å²) >= 11 is 1.45. The molecule has 1 heterocycles. The van der Waals surface area contributed by atoms with E-state index in [0.29, 0.717) is 11.0 Å². The molecule has 0 spiro atoms. The van der Waals surface area contributed by atoms with Crippen molar-refractivity contribution in [2.24, 2.45) is 0 Å². The second-order valence-corrected chi connectivity index (χ2v) is 6.77. The highest BCUT2D eigenvalue weighted by Gasteiger charge is 2.27. The Morgan fingerprint density at radius 1 is 1.32 bits per heavy atom. The van der Waals surface area contributed by atoms with Crippen LogP contribution in [0.1, 0.15) is 40.5 Å². The third-order valence-electron chi connectivity index (χ3n) is 3.74. The molecule has 1 fully saturated rings. The lowest BCUT2D eigenvalue weighted by Crippen LogP contribution is -2.20. The Balaban J connectivity index is 1.57. The molecule has 1 aromatic heterocycles. The number of benzene rings is 1. The fourth-order valence-corrected chi connectivity index (χ4v) is 3.16. The summed E-state index contributed by atoms with van der Waals surface area (Å²) in [6.07, 6.45) is 2.36. The molecule has 3 rings (SSSR count). The van der Waals surface area contributed by atoms with E-state index in [1.54, 1.807) is 0 Å². The van der Waals surface area contributed by atoms with Crippen molar-refractivity contribution in [3.8, 4) is 5.75 Å². The van der Waals surface area contributed by atoms with Crippen LogP contribution in [0.5, 0.6) is 5.75 Å². The number of hydrogen-bond acceptors (Lipinski definition) is 5. The van der Waals surface area contributed by atoms with Crippen LogP contribution < -0.4 is 10.1 Å². The highest BCUT2D eigenvalue weighted by molar-refractivity contribution is 7.15. The van der Waals surface area contributed by atoms with E-state index in [9.17, 15) is 4.79 Å². The molecule has 6 heteroatoms. The third-order valence-corrected chi connectivity index (χ3v) is 4.74. The Morgan fingerprint density at radius 3 is 2.82 bits per heavy atom. The van der Waals surface area contributed by atoms with Gasteiger partial charge in [0.1, 0.15) is 10.8 Å². The van der Waals surface area contributed by atoms with Crippen molar-refractivity contribution < 1.29 is 9.53 Å². The van der Waals surface area contributed by atoms with Gasteiger partial charge in [0.25, 0.3) is 5.91 Å². The Labute approximate surface area is 133 Å². The van der Waals surface area contributed by atoms with Crippen molar-refractivity contribution in [3.05, 3.63) is 33.8 Å².